The molecule has 1 unspecified atom stereocenters. The van der Waals surface area contributed by atoms with Crippen LogP contribution >= 0.6 is 38.9 Å². The predicted molar refractivity (Wildman–Crippen MR) is 83.6 cm³/mol. The smallest absolute Gasteiger partial charge is 0.123 e. The largest absolute Gasteiger partial charge is 0.365 e. The van der Waals surface area contributed by atoms with Crippen LogP contribution in [0.5, 0.6) is 0 Å². The Hall–Kier alpha value is -0.620. The number of hydrogen-bond acceptors (Lipinski definition) is 3. The van der Waals surface area contributed by atoms with Gasteiger partial charge in [-0.3, -0.25) is 0 Å². The summed E-state index contributed by atoms with van der Waals surface area (Å²) in [5.74, 6) is -0.247. The van der Waals surface area contributed by atoms with Gasteiger partial charge in [-0.15, -0.1) is 11.3 Å². The van der Waals surface area contributed by atoms with E-state index in [0.717, 1.165) is 15.0 Å². The van der Waals surface area contributed by atoms with Gasteiger partial charge in [0.2, 0.25) is 0 Å². The van der Waals surface area contributed by atoms with E-state index in [0.29, 0.717) is 10.9 Å². The van der Waals surface area contributed by atoms with E-state index in [-0.39, 0.29) is 11.9 Å². The van der Waals surface area contributed by atoms with Crippen LogP contribution in [0.15, 0.2) is 34.8 Å². The minimum absolute atomic E-state index is 0.0132. The molecule has 0 radical (unpaired) electrons. The summed E-state index contributed by atoms with van der Waals surface area (Å²) in [6.07, 6.45) is 0. The minimum Gasteiger partial charge on any atom is -0.365 e. The lowest BCUT2D eigenvalue weighted by Gasteiger charge is -2.28. The standard InChI is InChI=1S/C13H13BrClFN2S/c1-18(9-4-2-8(16)3-5-9)11(7-17)12-6-10(14)13(15)19-12/h2-6,11H,7,17H2,1H3. The van der Waals surface area contributed by atoms with Crippen molar-refractivity contribution in [2.24, 2.45) is 5.73 Å². The Labute approximate surface area is 129 Å². The fourth-order valence-corrected chi connectivity index (χ4v) is 3.74. The number of hydrogen-bond donors (Lipinski definition) is 1. The number of likely N-dealkylation sites (N-methyl/N-ethyl adjacent to an activating group) is 1. The van der Waals surface area contributed by atoms with Crippen LogP contribution in [-0.2, 0) is 0 Å². The molecule has 1 aromatic heterocycles. The fraction of sp³-hybridized carbons (Fsp3) is 0.231. The number of rotatable bonds is 4. The van der Waals surface area contributed by atoms with E-state index in [2.05, 4.69) is 15.9 Å². The van der Waals surface area contributed by atoms with Crippen molar-refractivity contribution in [2.75, 3.05) is 18.5 Å². The van der Waals surface area contributed by atoms with Crippen LogP contribution in [-0.4, -0.2) is 13.6 Å². The molecule has 0 amide bonds. The number of anilines is 1. The van der Waals surface area contributed by atoms with Gasteiger partial charge in [0, 0.05) is 28.6 Å². The summed E-state index contributed by atoms with van der Waals surface area (Å²) in [5.41, 5.74) is 6.78. The summed E-state index contributed by atoms with van der Waals surface area (Å²) in [6, 6.07) is 8.35. The highest BCUT2D eigenvalue weighted by Gasteiger charge is 2.19. The van der Waals surface area contributed by atoms with Gasteiger partial charge in [0.05, 0.1) is 6.04 Å². The van der Waals surface area contributed by atoms with E-state index in [1.807, 2.05) is 18.0 Å². The third-order valence-corrected chi connectivity index (χ3v) is 5.49. The highest BCUT2D eigenvalue weighted by Crippen LogP contribution is 2.37. The van der Waals surface area contributed by atoms with Gasteiger partial charge in [-0.25, -0.2) is 4.39 Å². The average molecular weight is 364 g/mol. The average Bonchev–Trinajstić information content (AvgIpc) is 2.71. The zero-order chi connectivity index (χ0) is 14.0. The van der Waals surface area contributed by atoms with E-state index >= 15 is 0 Å². The first-order valence-electron chi connectivity index (χ1n) is 5.66. The lowest BCUT2D eigenvalue weighted by atomic mass is 10.2. The third-order valence-electron chi connectivity index (χ3n) is 2.92. The molecule has 0 spiro atoms. The Bertz CT molecular complexity index is 539. The van der Waals surface area contributed by atoms with Crippen molar-refractivity contribution >= 4 is 44.6 Å². The number of nitrogens with zero attached hydrogens (tertiary/aromatic N) is 1. The third kappa shape index (κ3) is 3.28. The molecule has 102 valence electrons. The molecule has 0 saturated carbocycles. The Morgan fingerprint density at radius 3 is 2.53 bits per heavy atom. The van der Waals surface area contributed by atoms with Gasteiger partial charge in [0.1, 0.15) is 10.2 Å². The van der Waals surface area contributed by atoms with Gasteiger partial charge < -0.3 is 10.6 Å². The zero-order valence-corrected chi connectivity index (χ0v) is 13.4. The molecule has 1 aromatic carbocycles. The van der Waals surface area contributed by atoms with Gasteiger partial charge >= 0.3 is 0 Å². The van der Waals surface area contributed by atoms with Crippen LogP contribution in [0.2, 0.25) is 4.34 Å². The molecule has 0 aliphatic carbocycles. The molecular formula is C13H13BrClFN2S. The highest BCUT2D eigenvalue weighted by molar-refractivity contribution is 9.10. The van der Waals surface area contributed by atoms with Crippen molar-refractivity contribution in [3.63, 3.8) is 0 Å². The molecule has 2 aromatic rings. The molecule has 0 aliphatic rings. The molecule has 2 N–H and O–H groups in total. The lowest BCUT2D eigenvalue weighted by molar-refractivity contribution is 0.626. The summed E-state index contributed by atoms with van der Waals surface area (Å²) < 4.78 is 14.5. The van der Waals surface area contributed by atoms with Crippen LogP contribution in [0.1, 0.15) is 10.9 Å². The maximum Gasteiger partial charge on any atom is 0.123 e. The number of halogens is 3. The van der Waals surface area contributed by atoms with Crippen LogP contribution in [0.3, 0.4) is 0 Å². The second kappa shape index (κ2) is 6.22. The SMILES string of the molecule is CN(c1ccc(F)cc1)C(CN)c1cc(Br)c(Cl)s1. The van der Waals surface area contributed by atoms with E-state index in [9.17, 15) is 4.39 Å². The molecular weight excluding hydrogens is 351 g/mol. The molecule has 0 aliphatic heterocycles. The summed E-state index contributed by atoms with van der Waals surface area (Å²) in [6.45, 7) is 0.456. The van der Waals surface area contributed by atoms with E-state index in [4.69, 9.17) is 17.3 Å². The minimum atomic E-state index is -0.247. The number of nitrogens with two attached hydrogens (primary N) is 1. The van der Waals surface area contributed by atoms with E-state index in [1.54, 1.807) is 12.1 Å². The van der Waals surface area contributed by atoms with E-state index in [1.165, 1.54) is 23.5 Å². The second-order valence-corrected chi connectivity index (χ2v) is 6.65. The molecule has 0 saturated heterocycles. The maximum atomic E-state index is 12.9. The summed E-state index contributed by atoms with van der Waals surface area (Å²) in [7, 11) is 1.94. The van der Waals surface area contributed by atoms with Crippen LogP contribution in [0.25, 0.3) is 0 Å². The first-order valence-corrected chi connectivity index (χ1v) is 7.65. The zero-order valence-electron chi connectivity index (χ0n) is 10.2. The molecule has 6 heteroatoms. The maximum absolute atomic E-state index is 12.9. The van der Waals surface area contributed by atoms with Gasteiger partial charge in [0.25, 0.3) is 0 Å². The first kappa shape index (κ1) is 14.8. The molecule has 2 nitrogen and oxygen atoms in total. The van der Waals surface area contributed by atoms with Gasteiger partial charge in [-0.1, -0.05) is 11.6 Å². The topological polar surface area (TPSA) is 29.3 Å². The summed E-state index contributed by atoms with van der Waals surface area (Å²) in [5, 5.41) is 0. The number of thiophene rings is 1. The van der Waals surface area contributed by atoms with Crippen molar-refractivity contribution in [2.45, 2.75) is 6.04 Å². The van der Waals surface area contributed by atoms with Crippen molar-refractivity contribution in [3.8, 4) is 0 Å². The van der Waals surface area contributed by atoms with Crippen molar-refractivity contribution in [1.82, 2.24) is 0 Å². The fourth-order valence-electron chi connectivity index (χ4n) is 1.85. The normalized spacial score (nSPS) is 12.5. The van der Waals surface area contributed by atoms with Crippen molar-refractivity contribution in [1.29, 1.82) is 0 Å². The molecule has 2 rings (SSSR count). The van der Waals surface area contributed by atoms with Crippen molar-refractivity contribution < 1.29 is 4.39 Å². The number of benzene rings is 1. The highest BCUT2D eigenvalue weighted by atomic mass is 79.9. The Morgan fingerprint density at radius 2 is 2.05 bits per heavy atom. The monoisotopic (exact) mass is 362 g/mol. The summed E-state index contributed by atoms with van der Waals surface area (Å²) in [4.78, 5) is 3.10. The Kier molecular flexibility index (Phi) is 4.84. The molecule has 1 atom stereocenters. The lowest BCUT2D eigenvalue weighted by Crippen LogP contribution is -2.29. The van der Waals surface area contributed by atoms with Crippen LogP contribution < -0.4 is 10.6 Å². The van der Waals surface area contributed by atoms with Crippen molar-refractivity contribution in [3.05, 3.63) is 49.8 Å². The van der Waals surface area contributed by atoms with Crippen LogP contribution in [0.4, 0.5) is 10.1 Å². The van der Waals surface area contributed by atoms with E-state index < -0.39 is 0 Å². The predicted octanol–water partition coefficient (Wildman–Crippen LogP) is 4.44. The molecule has 0 fully saturated rings. The van der Waals surface area contributed by atoms with Gasteiger partial charge in [-0.05, 0) is 46.3 Å². The van der Waals surface area contributed by atoms with Gasteiger partial charge in [0.15, 0.2) is 0 Å². The molecule has 0 bridgehead atoms. The quantitative estimate of drug-likeness (QED) is 0.870. The first-order chi connectivity index (χ1) is 9.02. The Morgan fingerprint density at radius 1 is 1.42 bits per heavy atom. The van der Waals surface area contributed by atoms with Gasteiger partial charge in [-0.2, -0.15) is 0 Å². The molecule has 19 heavy (non-hydrogen) atoms. The second-order valence-electron chi connectivity index (χ2n) is 4.11. The summed E-state index contributed by atoms with van der Waals surface area (Å²) >= 11 is 11.0. The Balaban J connectivity index is 2.28. The van der Waals surface area contributed by atoms with Crippen LogP contribution in [0, 0.1) is 5.82 Å². The molecule has 1 heterocycles.